The van der Waals surface area contributed by atoms with Crippen LogP contribution in [0.5, 0.6) is 5.75 Å². The summed E-state index contributed by atoms with van der Waals surface area (Å²) in [6.07, 6.45) is 3.29. The SMILES string of the molecule is O=C1N=C(c2cccnc2)C(c2ccccc2)C(c2ccc(C(=O)O)c(O)c2)N1. The largest absolute Gasteiger partial charge is 0.507 e. The number of hydrogen-bond acceptors (Lipinski definition) is 4. The first-order valence-corrected chi connectivity index (χ1v) is 8.95. The number of benzene rings is 2. The zero-order valence-electron chi connectivity index (χ0n) is 15.2. The molecular formula is C22H17N3O4. The van der Waals surface area contributed by atoms with Crippen LogP contribution in [0.2, 0.25) is 0 Å². The molecule has 0 saturated carbocycles. The average Bonchev–Trinajstić information content (AvgIpc) is 2.74. The monoisotopic (exact) mass is 387 g/mol. The van der Waals surface area contributed by atoms with Crippen LogP contribution < -0.4 is 5.32 Å². The number of carboxylic acids is 1. The molecule has 0 spiro atoms. The average molecular weight is 387 g/mol. The van der Waals surface area contributed by atoms with Crippen molar-refractivity contribution in [3.63, 3.8) is 0 Å². The number of phenols is 1. The third-order valence-electron chi connectivity index (χ3n) is 4.86. The normalized spacial score (nSPS) is 18.6. The number of amides is 2. The van der Waals surface area contributed by atoms with Crippen molar-refractivity contribution in [2.75, 3.05) is 0 Å². The highest BCUT2D eigenvalue weighted by molar-refractivity contribution is 6.12. The zero-order valence-corrected chi connectivity index (χ0v) is 15.2. The smallest absolute Gasteiger partial charge is 0.341 e. The number of urea groups is 1. The summed E-state index contributed by atoms with van der Waals surface area (Å²) >= 11 is 0. The van der Waals surface area contributed by atoms with Gasteiger partial charge in [-0.1, -0.05) is 42.5 Å². The van der Waals surface area contributed by atoms with Crippen LogP contribution in [0.15, 0.2) is 78.0 Å². The first kappa shape index (κ1) is 18.4. The summed E-state index contributed by atoms with van der Waals surface area (Å²) in [5.74, 6) is -1.94. The van der Waals surface area contributed by atoms with Crippen LogP contribution >= 0.6 is 0 Å². The van der Waals surface area contributed by atoms with E-state index in [1.165, 1.54) is 12.1 Å². The molecule has 0 aliphatic carbocycles. The van der Waals surface area contributed by atoms with Crippen molar-refractivity contribution in [2.24, 2.45) is 4.99 Å². The summed E-state index contributed by atoms with van der Waals surface area (Å²) in [5, 5.41) is 22.2. The molecule has 0 saturated heterocycles. The molecule has 2 aromatic carbocycles. The molecule has 7 heteroatoms. The number of aliphatic imine (C=N–C) groups is 1. The van der Waals surface area contributed by atoms with Crippen LogP contribution in [0.1, 0.15) is 39.0 Å². The lowest BCUT2D eigenvalue weighted by atomic mass is 9.80. The van der Waals surface area contributed by atoms with E-state index in [2.05, 4.69) is 15.3 Å². The van der Waals surface area contributed by atoms with E-state index in [1.807, 2.05) is 36.4 Å². The van der Waals surface area contributed by atoms with Crippen molar-refractivity contribution in [2.45, 2.75) is 12.0 Å². The molecule has 3 N–H and O–H groups in total. The molecule has 1 aliphatic rings. The predicted molar refractivity (Wildman–Crippen MR) is 106 cm³/mol. The van der Waals surface area contributed by atoms with E-state index < -0.39 is 18.0 Å². The lowest BCUT2D eigenvalue weighted by molar-refractivity contribution is 0.0693. The van der Waals surface area contributed by atoms with Crippen molar-refractivity contribution in [1.29, 1.82) is 0 Å². The van der Waals surface area contributed by atoms with Crippen LogP contribution in [0.4, 0.5) is 4.79 Å². The Kier molecular flexibility index (Phi) is 4.78. The molecule has 2 atom stereocenters. The minimum absolute atomic E-state index is 0.201. The number of aromatic nitrogens is 1. The maximum absolute atomic E-state index is 12.4. The Morgan fingerprint density at radius 1 is 1.00 bits per heavy atom. The Morgan fingerprint density at radius 2 is 1.79 bits per heavy atom. The minimum Gasteiger partial charge on any atom is -0.507 e. The van der Waals surface area contributed by atoms with Gasteiger partial charge in [-0.05, 0) is 29.3 Å². The van der Waals surface area contributed by atoms with E-state index in [9.17, 15) is 19.8 Å². The van der Waals surface area contributed by atoms with Crippen LogP contribution in [0.25, 0.3) is 0 Å². The van der Waals surface area contributed by atoms with Crippen molar-refractivity contribution in [3.8, 4) is 5.75 Å². The zero-order chi connectivity index (χ0) is 20.4. The highest BCUT2D eigenvalue weighted by atomic mass is 16.4. The number of nitrogens with zero attached hydrogens (tertiary/aromatic N) is 2. The van der Waals surface area contributed by atoms with Crippen molar-refractivity contribution >= 4 is 17.7 Å². The third kappa shape index (κ3) is 3.58. The lowest BCUT2D eigenvalue weighted by Gasteiger charge is -2.33. The van der Waals surface area contributed by atoms with Crippen molar-refractivity contribution in [1.82, 2.24) is 10.3 Å². The first-order chi connectivity index (χ1) is 14.0. The van der Waals surface area contributed by atoms with Gasteiger partial charge in [0.1, 0.15) is 11.3 Å². The Balaban J connectivity index is 1.86. The summed E-state index contributed by atoms with van der Waals surface area (Å²) in [7, 11) is 0. The van der Waals surface area contributed by atoms with E-state index in [1.54, 1.807) is 24.5 Å². The van der Waals surface area contributed by atoms with Gasteiger partial charge in [-0.2, -0.15) is 4.99 Å². The van der Waals surface area contributed by atoms with Crippen LogP contribution in [-0.2, 0) is 0 Å². The predicted octanol–water partition coefficient (Wildman–Crippen LogP) is 3.52. The van der Waals surface area contributed by atoms with Gasteiger partial charge in [0, 0.05) is 18.0 Å². The van der Waals surface area contributed by atoms with E-state index in [0.29, 0.717) is 16.8 Å². The minimum atomic E-state index is -1.22. The van der Waals surface area contributed by atoms with E-state index in [4.69, 9.17) is 0 Å². The second-order valence-electron chi connectivity index (χ2n) is 6.64. The standard InChI is InChI=1S/C22H17N3O4/c26-17-11-14(8-9-16(17)21(27)28)19-18(13-5-2-1-3-6-13)20(25-22(29)24-19)15-7-4-10-23-12-15/h1-12,18-19,26H,(H,24,29)(H,27,28). The maximum Gasteiger partial charge on any atom is 0.341 e. The molecule has 4 rings (SSSR count). The molecule has 144 valence electrons. The molecule has 2 unspecified atom stereocenters. The molecule has 1 aliphatic heterocycles. The number of nitrogens with one attached hydrogen (secondary N) is 1. The number of carbonyl (C=O) groups is 2. The van der Waals surface area contributed by atoms with Gasteiger partial charge in [-0.3, -0.25) is 4.98 Å². The van der Waals surface area contributed by atoms with E-state index in [0.717, 1.165) is 5.56 Å². The molecule has 2 heterocycles. The van der Waals surface area contributed by atoms with Gasteiger partial charge < -0.3 is 15.5 Å². The first-order valence-electron chi connectivity index (χ1n) is 8.95. The molecule has 0 bridgehead atoms. The fourth-order valence-electron chi connectivity index (χ4n) is 3.55. The maximum atomic E-state index is 12.4. The number of aromatic hydroxyl groups is 1. The Hall–Kier alpha value is -4.00. The Bertz CT molecular complexity index is 1100. The van der Waals surface area contributed by atoms with Gasteiger partial charge in [-0.25, -0.2) is 9.59 Å². The number of carboxylic acid groups (broad SMARTS) is 1. The van der Waals surface area contributed by atoms with E-state index in [-0.39, 0.29) is 17.2 Å². The molecule has 3 aromatic rings. The van der Waals surface area contributed by atoms with Crippen LogP contribution in [0, 0.1) is 0 Å². The van der Waals surface area contributed by atoms with Gasteiger partial charge in [0.15, 0.2) is 0 Å². The van der Waals surface area contributed by atoms with Crippen LogP contribution in [-0.4, -0.2) is 32.9 Å². The molecule has 0 radical (unpaired) electrons. The van der Waals surface area contributed by atoms with Crippen molar-refractivity contribution < 1.29 is 19.8 Å². The van der Waals surface area contributed by atoms with Gasteiger partial charge in [0.05, 0.1) is 17.7 Å². The summed E-state index contributed by atoms with van der Waals surface area (Å²) in [6.45, 7) is 0. The molecular weight excluding hydrogens is 370 g/mol. The summed E-state index contributed by atoms with van der Waals surface area (Å²) < 4.78 is 0. The quantitative estimate of drug-likeness (QED) is 0.634. The Labute approximate surface area is 166 Å². The van der Waals surface area contributed by atoms with Crippen molar-refractivity contribution in [3.05, 3.63) is 95.3 Å². The summed E-state index contributed by atoms with van der Waals surface area (Å²) in [6, 6.07) is 16.4. The molecule has 1 aromatic heterocycles. The fraction of sp³-hybridized carbons (Fsp3) is 0.0909. The third-order valence-corrected chi connectivity index (χ3v) is 4.86. The number of pyridine rings is 1. The topological polar surface area (TPSA) is 112 Å². The summed E-state index contributed by atoms with van der Waals surface area (Å²) in [4.78, 5) is 32.0. The van der Waals surface area contributed by atoms with Crippen LogP contribution in [0.3, 0.4) is 0 Å². The van der Waals surface area contributed by atoms with Gasteiger partial charge in [-0.15, -0.1) is 0 Å². The highest BCUT2D eigenvalue weighted by Crippen LogP contribution is 2.38. The highest BCUT2D eigenvalue weighted by Gasteiger charge is 2.36. The summed E-state index contributed by atoms with van der Waals surface area (Å²) in [5.41, 5.74) is 2.56. The van der Waals surface area contributed by atoms with Gasteiger partial charge >= 0.3 is 12.0 Å². The number of aromatic carboxylic acids is 1. The lowest BCUT2D eigenvalue weighted by Crippen LogP contribution is -2.40. The second kappa shape index (κ2) is 7.55. The molecule has 7 nitrogen and oxygen atoms in total. The second-order valence-corrected chi connectivity index (χ2v) is 6.64. The molecule has 29 heavy (non-hydrogen) atoms. The molecule has 2 amide bonds. The Morgan fingerprint density at radius 3 is 2.45 bits per heavy atom. The number of carbonyl (C=O) groups excluding carboxylic acids is 1. The molecule has 0 fully saturated rings. The number of rotatable bonds is 4. The fourth-order valence-corrected chi connectivity index (χ4v) is 3.55. The number of hydrogen-bond donors (Lipinski definition) is 3. The van der Waals surface area contributed by atoms with Gasteiger partial charge in [0.2, 0.25) is 0 Å². The van der Waals surface area contributed by atoms with E-state index >= 15 is 0 Å². The van der Waals surface area contributed by atoms with Gasteiger partial charge in [0.25, 0.3) is 0 Å².